The number of benzene rings is 1. The maximum absolute atomic E-state index is 11.0. The van der Waals surface area contributed by atoms with Crippen LogP contribution in [0.4, 0.5) is 0 Å². The zero-order chi connectivity index (χ0) is 13.1. The number of carbonyl (C=O) groups is 1. The summed E-state index contributed by atoms with van der Waals surface area (Å²) in [5.74, 6) is 0.333. The molecule has 0 amide bonds. The Bertz CT molecular complexity index is 441. The first-order chi connectivity index (χ1) is 8.60. The molecular weight excluding hydrogens is 230 g/mol. The predicted octanol–water partition coefficient (Wildman–Crippen LogP) is 2.24. The van der Waals surface area contributed by atoms with Gasteiger partial charge in [0.25, 0.3) is 0 Å². The van der Waals surface area contributed by atoms with Crippen LogP contribution in [0.1, 0.15) is 28.8 Å². The van der Waals surface area contributed by atoms with Gasteiger partial charge in [0.15, 0.2) is 0 Å². The van der Waals surface area contributed by atoms with E-state index in [1.807, 2.05) is 12.1 Å². The van der Waals surface area contributed by atoms with Crippen molar-refractivity contribution in [3.8, 4) is 5.75 Å². The summed E-state index contributed by atoms with van der Waals surface area (Å²) in [4.78, 5) is 13.2. The van der Waals surface area contributed by atoms with Gasteiger partial charge in [-0.1, -0.05) is 6.07 Å². The molecule has 2 rings (SSSR count). The fourth-order valence-corrected chi connectivity index (χ4v) is 2.13. The average Bonchev–Trinajstić information content (AvgIpc) is 3.12. The molecule has 0 aromatic heterocycles. The van der Waals surface area contributed by atoms with Gasteiger partial charge >= 0.3 is 5.97 Å². The van der Waals surface area contributed by atoms with Gasteiger partial charge < -0.3 is 14.7 Å². The lowest BCUT2D eigenvalue weighted by atomic mass is 10.1. The number of hydrogen-bond donors (Lipinski definition) is 1. The van der Waals surface area contributed by atoms with Gasteiger partial charge in [0.05, 0.1) is 7.11 Å². The Balaban J connectivity index is 2.06. The minimum atomic E-state index is -0.954. The molecule has 0 aliphatic heterocycles. The van der Waals surface area contributed by atoms with E-state index in [0.717, 1.165) is 24.6 Å². The number of hydrogen-bond acceptors (Lipinski definition) is 3. The van der Waals surface area contributed by atoms with Crippen LogP contribution in [0.15, 0.2) is 18.2 Å². The van der Waals surface area contributed by atoms with Crippen molar-refractivity contribution in [1.29, 1.82) is 0 Å². The molecule has 98 valence electrons. The van der Waals surface area contributed by atoms with E-state index in [2.05, 4.69) is 11.9 Å². The van der Waals surface area contributed by atoms with Crippen molar-refractivity contribution in [2.24, 2.45) is 5.92 Å². The van der Waals surface area contributed by atoms with E-state index >= 15 is 0 Å². The Kier molecular flexibility index (Phi) is 3.87. The topological polar surface area (TPSA) is 49.8 Å². The zero-order valence-electron chi connectivity index (χ0n) is 10.8. The second-order valence-electron chi connectivity index (χ2n) is 4.98. The van der Waals surface area contributed by atoms with Crippen molar-refractivity contribution in [2.45, 2.75) is 19.4 Å². The van der Waals surface area contributed by atoms with Crippen LogP contribution in [-0.4, -0.2) is 36.7 Å². The summed E-state index contributed by atoms with van der Waals surface area (Å²) in [5, 5.41) is 9.01. The Morgan fingerprint density at radius 2 is 2.22 bits per heavy atom. The first kappa shape index (κ1) is 12.9. The summed E-state index contributed by atoms with van der Waals surface area (Å²) in [7, 11) is 3.59. The quantitative estimate of drug-likeness (QED) is 0.840. The van der Waals surface area contributed by atoms with E-state index in [4.69, 9.17) is 9.84 Å². The van der Waals surface area contributed by atoms with Crippen LogP contribution in [0.25, 0.3) is 0 Å². The normalized spacial score (nSPS) is 14.8. The smallest absolute Gasteiger partial charge is 0.339 e. The highest BCUT2D eigenvalue weighted by Gasteiger charge is 2.22. The molecule has 0 heterocycles. The van der Waals surface area contributed by atoms with Crippen LogP contribution in [0.2, 0.25) is 0 Å². The maximum Gasteiger partial charge on any atom is 0.339 e. The van der Waals surface area contributed by atoms with E-state index in [-0.39, 0.29) is 5.56 Å². The maximum atomic E-state index is 11.0. The molecule has 0 bridgehead atoms. The lowest BCUT2D eigenvalue weighted by molar-refractivity contribution is 0.0693. The standard InChI is InChI=1S/C14H19NO3/c1-15(8-10-3-4-10)9-11-5-6-12(14(16)17)13(7-11)18-2/h5-7,10H,3-4,8-9H2,1-2H3,(H,16,17). The Labute approximate surface area is 107 Å². The van der Waals surface area contributed by atoms with Gasteiger partial charge in [-0.3, -0.25) is 0 Å². The summed E-state index contributed by atoms with van der Waals surface area (Å²) in [6, 6.07) is 5.28. The van der Waals surface area contributed by atoms with Gasteiger partial charge in [-0.25, -0.2) is 4.79 Å². The fourth-order valence-electron chi connectivity index (χ4n) is 2.13. The second kappa shape index (κ2) is 5.40. The van der Waals surface area contributed by atoms with Crippen LogP contribution in [0, 0.1) is 5.92 Å². The molecule has 1 aliphatic carbocycles. The van der Waals surface area contributed by atoms with E-state index in [0.29, 0.717) is 5.75 Å². The molecule has 0 spiro atoms. The first-order valence-corrected chi connectivity index (χ1v) is 6.19. The van der Waals surface area contributed by atoms with Gasteiger partial charge in [-0.15, -0.1) is 0 Å². The Morgan fingerprint density at radius 1 is 1.50 bits per heavy atom. The fraction of sp³-hybridized carbons (Fsp3) is 0.500. The molecule has 0 radical (unpaired) electrons. The van der Waals surface area contributed by atoms with Crippen LogP contribution < -0.4 is 4.74 Å². The SMILES string of the molecule is COc1cc(CN(C)CC2CC2)ccc1C(=O)O. The van der Waals surface area contributed by atoms with E-state index < -0.39 is 5.97 Å². The largest absolute Gasteiger partial charge is 0.496 e. The summed E-state index contributed by atoms with van der Waals surface area (Å²) in [5.41, 5.74) is 1.30. The molecule has 4 heteroatoms. The molecule has 1 N–H and O–H groups in total. The third-order valence-corrected chi connectivity index (χ3v) is 3.22. The number of carboxylic acids is 1. The lowest BCUT2D eigenvalue weighted by Gasteiger charge is -2.17. The molecule has 1 aliphatic rings. The first-order valence-electron chi connectivity index (χ1n) is 6.19. The van der Waals surface area contributed by atoms with Crippen LogP contribution in [0.3, 0.4) is 0 Å². The third kappa shape index (κ3) is 3.23. The van der Waals surface area contributed by atoms with Crippen molar-refractivity contribution in [3.63, 3.8) is 0 Å². The molecule has 1 aromatic rings. The van der Waals surface area contributed by atoms with Crippen LogP contribution in [-0.2, 0) is 6.54 Å². The number of carboxylic acid groups (broad SMARTS) is 1. The van der Waals surface area contributed by atoms with Crippen molar-refractivity contribution in [3.05, 3.63) is 29.3 Å². The minimum Gasteiger partial charge on any atom is -0.496 e. The van der Waals surface area contributed by atoms with E-state index in [1.165, 1.54) is 20.0 Å². The van der Waals surface area contributed by atoms with Gasteiger partial charge in [0, 0.05) is 13.1 Å². The average molecular weight is 249 g/mol. The lowest BCUT2D eigenvalue weighted by Crippen LogP contribution is -2.20. The molecule has 0 unspecified atom stereocenters. The van der Waals surface area contributed by atoms with Crippen molar-refractivity contribution >= 4 is 5.97 Å². The number of ether oxygens (including phenoxy) is 1. The van der Waals surface area contributed by atoms with Gasteiger partial charge in [0.1, 0.15) is 11.3 Å². The van der Waals surface area contributed by atoms with Crippen molar-refractivity contribution in [1.82, 2.24) is 4.90 Å². The van der Waals surface area contributed by atoms with Crippen molar-refractivity contribution in [2.75, 3.05) is 20.7 Å². The molecule has 1 aromatic carbocycles. The summed E-state index contributed by atoms with van der Waals surface area (Å²) in [6.45, 7) is 1.94. The second-order valence-corrected chi connectivity index (χ2v) is 4.98. The van der Waals surface area contributed by atoms with E-state index in [1.54, 1.807) is 6.07 Å². The highest BCUT2D eigenvalue weighted by molar-refractivity contribution is 5.90. The van der Waals surface area contributed by atoms with Gasteiger partial charge in [-0.2, -0.15) is 0 Å². The highest BCUT2D eigenvalue weighted by atomic mass is 16.5. The monoisotopic (exact) mass is 249 g/mol. The van der Waals surface area contributed by atoms with Gasteiger partial charge in [0.2, 0.25) is 0 Å². The molecule has 18 heavy (non-hydrogen) atoms. The Hall–Kier alpha value is -1.55. The number of rotatable bonds is 6. The number of methoxy groups -OCH3 is 1. The van der Waals surface area contributed by atoms with Crippen LogP contribution in [0.5, 0.6) is 5.75 Å². The highest BCUT2D eigenvalue weighted by Crippen LogP contribution is 2.30. The zero-order valence-corrected chi connectivity index (χ0v) is 10.8. The minimum absolute atomic E-state index is 0.214. The molecule has 0 saturated heterocycles. The van der Waals surface area contributed by atoms with Gasteiger partial charge in [-0.05, 0) is 43.5 Å². The number of aromatic carboxylic acids is 1. The van der Waals surface area contributed by atoms with Crippen LogP contribution >= 0.6 is 0 Å². The molecular formula is C14H19NO3. The van der Waals surface area contributed by atoms with Crippen molar-refractivity contribution < 1.29 is 14.6 Å². The Morgan fingerprint density at radius 3 is 2.78 bits per heavy atom. The molecule has 4 nitrogen and oxygen atoms in total. The predicted molar refractivity (Wildman–Crippen MR) is 69.0 cm³/mol. The third-order valence-electron chi connectivity index (χ3n) is 3.22. The van der Waals surface area contributed by atoms with E-state index in [9.17, 15) is 4.79 Å². The molecule has 0 atom stereocenters. The molecule has 1 saturated carbocycles. The molecule has 1 fully saturated rings. The summed E-state index contributed by atoms with van der Waals surface area (Å²) < 4.78 is 5.12. The summed E-state index contributed by atoms with van der Waals surface area (Å²) in [6.07, 6.45) is 2.68. The summed E-state index contributed by atoms with van der Waals surface area (Å²) >= 11 is 0. The number of nitrogens with zero attached hydrogens (tertiary/aromatic N) is 1.